The number of rotatable bonds is 4. The third-order valence-electron chi connectivity index (χ3n) is 1.88. The van der Waals surface area contributed by atoms with Gasteiger partial charge in [-0.3, -0.25) is 4.72 Å². The van der Waals surface area contributed by atoms with Crippen LogP contribution in [0.2, 0.25) is 0 Å². The maximum Gasteiger partial charge on any atom is 0.335 e. The summed E-state index contributed by atoms with van der Waals surface area (Å²) in [5.74, 6) is -1.04. The van der Waals surface area contributed by atoms with Crippen molar-refractivity contribution in [3.63, 3.8) is 0 Å². The van der Waals surface area contributed by atoms with E-state index in [0.717, 1.165) is 0 Å². The normalized spacial score (nSPS) is 11.1. The predicted octanol–water partition coefficient (Wildman–Crippen LogP) is 1.79. The van der Waals surface area contributed by atoms with Crippen molar-refractivity contribution < 1.29 is 18.3 Å². The summed E-state index contributed by atoms with van der Waals surface area (Å²) in [5.41, 5.74) is 1.06. The van der Waals surface area contributed by atoms with Gasteiger partial charge in [0.2, 0.25) is 10.0 Å². The van der Waals surface area contributed by atoms with Crippen LogP contribution >= 0.6 is 15.9 Å². The molecule has 0 heterocycles. The van der Waals surface area contributed by atoms with E-state index in [4.69, 9.17) is 5.11 Å². The van der Waals surface area contributed by atoms with Gasteiger partial charge in [0.05, 0.1) is 11.3 Å². The van der Waals surface area contributed by atoms with Gasteiger partial charge < -0.3 is 5.11 Å². The van der Waals surface area contributed by atoms with Gasteiger partial charge in [-0.25, -0.2) is 13.2 Å². The van der Waals surface area contributed by atoms with Gasteiger partial charge >= 0.3 is 5.97 Å². The van der Waals surface area contributed by atoms with Crippen LogP contribution < -0.4 is 4.72 Å². The molecule has 7 heteroatoms. The number of nitrogens with one attached hydrogen (secondary N) is 1. The van der Waals surface area contributed by atoms with Gasteiger partial charge in [0.25, 0.3) is 0 Å². The number of halogens is 1. The number of benzene rings is 1. The molecule has 88 valence electrons. The number of carbonyl (C=O) groups is 1. The fourth-order valence-electron chi connectivity index (χ4n) is 1.11. The molecule has 0 atom stereocenters. The van der Waals surface area contributed by atoms with E-state index in [2.05, 4.69) is 20.7 Å². The maximum atomic E-state index is 11.3. The van der Waals surface area contributed by atoms with Crippen molar-refractivity contribution in [2.75, 3.05) is 9.38 Å². The minimum atomic E-state index is -3.41. The van der Waals surface area contributed by atoms with Crippen molar-refractivity contribution in [2.24, 2.45) is 0 Å². The van der Waals surface area contributed by atoms with Crippen LogP contribution in [0.4, 0.5) is 5.69 Å². The highest BCUT2D eigenvalue weighted by atomic mass is 79.9. The van der Waals surface area contributed by atoms with Crippen LogP contribution in [0.3, 0.4) is 0 Å². The Kier molecular flexibility index (Phi) is 3.93. The van der Waals surface area contributed by atoms with Gasteiger partial charge in [-0.1, -0.05) is 15.9 Å². The van der Waals surface area contributed by atoms with E-state index in [1.54, 1.807) is 6.92 Å². The number of aromatic carboxylic acids is 1. The van der Waals surface area contributed by atoms with Crippen molar-refractivity contribution in [2.45, 2.75) is 6.92 Å². The molecule has 1 aromatic carbocycles. The molecule has 0 aliphatic carbocycles. The Labute approximate surface area is 102 Å². The SMILES string of the molecule is Cc1cc(C(=O)O)ccc1NS(=O)(=O)CBr. The standard InChI is InChI=1S/C9H10BrNO4S/c1-6-4-7(9(12)13)2-3-8(6)11-16(14,15)5-10/h2-4,11H,5H2,1H3,(H,12,13). The lowest BCUT2D eigenvalue weighted by Crippen LogP contribution is -2.14. The second kappa shape index (κ2) is 4.84. The van der Waals surface area contributed by atoms with Crippen LogP contribution in [0, 0.1) is 6.92 Å². The molecule has 5 nitrogen and oxygen atoms in total. The average molecular weight is 308 g/mol. The van der Waals surface area contributed by atoms with E-state index < -0.39 is 16.0 Å². The van der Waals surface area contributed by atoms with Gasteiger partial charge in [0.15, 0.2) is 0 Å². The molecule has 0 aliphatic heterocycles. The number of sulfonamides is 1. The summed E-state index contributed by atoms with van der Waals surface area (Å²) >= 11 is 2.85. The summed E-state index contributed by atoms with van der Waals surface area (Å²) in [6.45, 7) is 1.64. The lowest BCUT2D eigenvalue weighted by molar-refractivity contribution is 0.0697. The highest BCUT2D eigenvalue weighted by molar-refractivity contribution is 9.10. The number of carboxylic acids is 1. The molecule has 0 spiro atoms. The fraction of sp³-hybridized carbons (Fsp3) is 0.222. The zero-order valence-electron chi connectivity index (χ0n) is 8.40. The fourth-order valence-corrected chi connectivity index (χ4v) is 2.07. The molecule has 0 bridgehead atoms. The molecule has 0 radical (unpaired) electrons. The molecule has 0 unspecified atom stereocenters. The minimum Gasteiger partial charge on any atom is -0.478 e. The van der Waals surface area contributed by atoms with Crippen molar-refractivity contribution in [3.05, 3.63) is 29.3 Å². The van der Waals surface area contributed by atoms with Crippen molar-refractivity contribution >= 4 is 37.6 Å². The maximum absolute atomic E-state index is 11.3. The first kappa shape index (κ1) is 13.0. The minimum absolute atomic E-state index is 0.124. The Hall–Kier alpha value is -1.08. The van der Waals surface area contributed by atoms with Gasteiger partial charge in [0.1, 0.15) is 4.66 Å². The molecule has 0 aromatic heterocycles. The smallest absolute Gasteiger partial charge is 0.335 e. The molecule has 1 aromatic rings. The van der Waals surface area contributed by atoms with Crippen LogP contribution in [0.15, 0.2) is 18.2 Å². The summed E-state index contributed by atoms with van der Waals surface area (Å²) in [5, 5.41) is 8.73. The lowest BCUT2D eigenvalue weighted by Gasteiger charge is -2.09. The van der Waals surface area contributed by atoms with Crippen LogP contribution in [0.25, 0.3) is 0 Å². The second-order valence-corrected chi connectivity index (χ2v) is 6.19. The summed E-state index contributed by atoms with van der Waals surface area (Å²) in [6, 6.07) is 4.19. The molecule has 0 amide bonds. The van der Waals surface area contributed by atoms with Crippen LogP contribution in [0.5, 0.6) is 0 Å². The highest BCUT2D eigenvalue weighted by Crippen LogP contribution is 2.18. The number of alkyl halides is 1. The van der Waals surface area contributed by atoms with Crippen LogP contribution in [-0.2, 0) is 10.0 Å². The van der Waals surface area contributed by atoms with E-state index in [1.807, 2.05) is 0 Å². The van der Waals surface area contributed by atoms with E-state index in [1.165, 1.54) is 18.2 Å². The number of hydrogen-bond donors (Lipinski definition) is 2. The second-order valence-electron chi connectivity index (χ2n) is 3.16. The first-order valence-electron chi connectivity index (χ1n) is 4.26. The zero-order chi connectivity index (χ0) is 12.3. The Morgan fingerprint density at radius 3 is 2.56 bits per heavy atom. The largest absolute Gasteiger partial charge is 0.478 e. The Morgan fingerprint density at radius 2 is 2.12 bits per heavy atom. The lowest BCUT2D eigenvalue weighted by atomic mass is 10.1. The number of aryl methyl sites for hydroxylation is 1. The Balaban J connectivity index is 3.05. The highest BCUT2D eigenvalue weighted by Gasteiger charge is 2.11. The number of hydrogen-bond acceptors (Lipinski definition) is 3. The van der Waals surface area contributed by atoms with E-state index in [0.29, 0.717) is 11.3 Å². The summed E-state index contributed by atoms with van der Waals surface area (Å²) < 4.78 is 24.7. The first-order valence-corrected chi connectivity index (χ1v) is 7.03. The van der Waals surface area contributed by atoms with Crippen molar-refractivity contribution in [3.8, 4) is 0 Å². The monoisotopic (exact) mass is 307 g/mol. The summed E-state index contributed by atoms with van der Waals surface area (Å²) in [6.07, 6.45) is 0. The Bertz CT molecular complexity index is 512. The molecular formula is C9H10BrNO4S. The predicted molar refractivity (Wildman–Crippen MR) is 64.5 cm³/mol. The third-order valence-corrected chi connectivity index (χ3v) is 4.51. The number of carboxylic acid groups (broad SMARTS) is 1. The van der Waals surface area contributed by atoms with Gasteiger partial charge in [-0.2, -0.15) is 0 Å². The van der Waals surface area contributed by atoms with Gasteiger partial charge in [0, 0.05) is 0 Å². The molecule has 0 saturated carbocycles. The van der Waals surface area contributed by atoms with E-state index in [9.17, 15) is 13.2 Å². The van der Waals surface area contributed by atoms with E-state index >= 15 is 0 Å². The molecule has 0 saturated heterocycles. The van der Waals surface area contributed by atoms with Crippen molar-refractivity contribution in [1.82, 2.24) is 0 Å². The summed E-state index contributed by atoms with van der Waals surface area (Å²) in [4.78, 5) is 10.7. The van der Waals surface area contributed by atoms with Gasteiger partial charge in [-0.05, 0) is 30.7 Å². The molecule has 2 N–H and O–H groups in total. The van der Waals surface area contributed by atoms with Crippen molar-refractivity contribution in [1.29, 1.82) is 0 Å². The molecule has 0 fully saturated rings. The average Bonchev–Trinajstić information content (AvgIpc) is 2.20. The quantitative estimate of drug-likeness (QED) is 0.831. The zero-order valence-corrected chi connectivity index (χ0v) is 10.8. The molecule has 0 aliphatic rings. The summed E-state index contributed by atoms with van der Waals surface area (Å²) in [7, 11) is -3.41. The van der Waals surface area contributed by atoms with Crippen LogP contribution in [-0.4, -0.2) is 24.2 Å². The molecular weight excluding hydrogens is 298 g/mol. The topological polar surface area (TPSA) is 83.5 Å². The molecule has 16 heavy (non-hydrogen) atoms. The number of anilines is 1. The third kappa shape index (κ3) is 3.21. The van der Waals surface area contributed by atoms with E-state index in [-0.39, 0.29) is 10.2 Å². The van der Waals surface area contributed by atoms with Gasteiger partial charge in [-0.15, -0.1) is 0 Å². The Morgan fingerprint density at radius 1 is 1.50 bits per heavy atom. The first-order chi connectivity index (χ1) is 7.35. The van der Waals surface area contributed by atoms with Crippen LogP contribution in [0.1, 0.15) is 15.9 Å². The molecule has 1 rings (SSSR count).